The van der Waals surface area contributed by atoms with Crippen LogP contribution in [0.5, 0.6) is 0 Å². The minimum atomic E-state index is -2.81. The molecule has 0 aliphatic heterocycles. The van der Waals surface area contributed by atoms with Gasteiger partial charge in [0.25, 0.3) is 0 Å². The van der Waals surface area contributed by atoms with Gasteiger partial charge in [0.15, 0.2) is 13.8 Å². The molecule has 4 nitrogen and oxygen atoms in total. The number of hydrogen-bond donors (Lipinski definition) is 0. The molecule has 50 heavy (non-hydrogen) atoms. The summed E-state index contributed by atoms with van der Waals surface area (Å²) >= 11 is 0. The summed E-state index contributed by atoms with van der Waals surface area (Å²) in [6.07, 6.45) is 0. The molecule has 0 saturated carbocycles. The van der Waals surface area contributed by atoms with Gasteiger partial charge in [0.2, 0.25) is 0 Å². The SMILES string of the molecule is [C-]#[N+]c1ccc2c(c1)c1cc(C#N)ccc1n2-c1c(C#N)cccc1-c1cccc([Si](c2ccccc2)(c2ccccc2)c2ccccc2)c1. The van der Waals surface area contributed by atoms with E-state index in [9.17, 15) is 10.5 Å². The molecule has 0 aliphatic rings. The van der Waals surface area contributed by atoms with Crippen molar-refractivity contribution in [2.24, 2.45) is 0 Å². The fraction of sp³-hybridized carbons (Fsp3) is 0. The Morgan fingerprint density at radius 3 is 1.66 bits per heavy atom. The second-order valence-corrected chi connectivity index (χ2v) is 16.0. The third-order valence-electron chi connectivity index (χ3n) is 9.61. The highest BCUT2D eigenvalue weighted by molar-refractivity contribution is 7.19. The van der Waals surface area contributed by atoms with Gasteiger partial charge in [0.05, 0.1) is 40.5 Å². The molecule has 0 unspecified atom stereocenters. The molecule has 0 fully saturated rings. The molecule has 0 amide bonds. The predicted molar refractivity (Wildman–Crippen MR) is 206 cm³/mol. The van der Waals surface area contributed by atoms with Crippen molar-refractivity contribution in [3.8, 4) is 29.0 Å². The van der Waals surface area contributed by atoms with Crippen molar-refractivity contribution < 1.29 is 0 Å². The Balaban J connectivity index is 1.45. The average Bonchev–Trinajstić information content (AvgIpc) is 3.51. The summed E-state index contributed by atoms with van der Waals surface area (Å²) < 4.78 is 2.12. The molecule has 232 valence electrons. The Hall–Kier alpha value is -6.97. The first-order valence-corrected chi connectivity index (χ1v) is 18.3. The number of benzene rings is 7. The van der Waals surface area contributed by atoms with Crippen LogP contribution in [0.15, 0.2) is 170 Å². The van der Waals surface area contributed by atoms with Crippen molar-refractivity contribution in [1.82, 2.24) is 4.57 Å². The summed E-state index contributed by atoms with van der Waals surface area (Å²) in [4.78, 5) is 3.69. The monoisotopic (exact) mass is 652 g/mol. The van der Waals surface area contributed by atoms with Crippen molar-refractivity contribution in [3.63, 3.8) is 0 Å². The highest BCUT2D eigenvalue weighted by atomic mass is 28.3. The molecule has 1 aromatic heterocycles. The van der Waals surface area contributed by atoms with Gasteiger partial charge in [-0.1, -0.05) is 133 Å². The van der Waals surface area contributed by atoms with E-state index in [1.54, 1.807) is 0 Å². The average molecular weight is 653 g/mol. The summed E-state index contributed by atoms with van der Waals surface area (Å²) in [5, 5.41) is 27.2. The number of aromatic nitrogens is 1. The maximum absolute atomic E-state index is 10.6. The molecule has 0 atom stereocenters. The third-order valence-corrected chi connectivity index (χ3v) is 14.4. The van der Waals surface area contributed by atoms with Gasteiger partial charge in [-0.15, -0.1) is 0 Å². The van der Waals surface area contributed by atoms with Crippen molar-refractivity contribution in [3.05, 3.63) is 192 Å². The second-order valence-electron chi connectivity index (χ2n) is 12.2. The van der Waals surface area contributed by atoms with E-state index in [1.165, 1.54) is 20.7 Å². The maximum atomic E-state index is 10.6. The van der Waals surface area contributed by atoms with Gasteiger partial charge in [-0.05, 0) is 68.1 Å². The van der Waals surface area contributed by atoms with Crippen LogP contribution in [0.3, 0.4) is 0 Å². The van der Waals surface area contributed by atoms with Crippen LogP contribution >= 0.6 is 0 Å². The lowest BCUT2D eigenvalue weighted by molar-refractivity contribution is 1.17. The van der Waals surface area contributed by atoms with Crippen LogP contribution in [0.2, 0.25) is 0 Å². The summed E-state index contributed by atoms with van der Waals surface area (Å²) in [7, 11) is -2.81. The highest BCUT2D eigenvalue weighted by Crippen LogP contribution is 2.39. The zero-order valence-corrected chi connectivity index (χ0v) is 28.0. The second kappa shape index (κ2) is 12.6. The topological polar surface area (TPSA) is 56.9 Å². The molecule has 0 bridgehead atoms. The fourth-order valence-corrected chi connectivity index (χ4v) is 12.3. The number of nitrogens with zero attached hydrogens (tertiary/aromatic N) is 4. The normalized spacial score (nSPS) is 11.1. The zero-order chi connectivity index (χ0) is 34.1. The lowest BCUT2D eigenvalue weighted by Gasteiger charge is -2.34. The summed E-state index contributed by atoms with van der Waals surface area (Å²) in [5.41, 5.74) is 5.99. The third kappa shape index (κ3) is 4.80. The van der Waals surface area contributed by atoms with Crippen LogP contribution in [-0.4, -0.2) is 12.6 Å². The lowest BCUT2D eigenvalue weighted by Crippen LogP contribution is -2.74. The van der Waals surface area contributed by atoms with Crippen molar-refractivity contribution in [2.45, 2.75) is 0 Å². The van der Waals surface area contributed by atoms with Crippen LogP contribution in [-0.2, 0) is 0 Å². The van der Waals surface area contributed by atoms with E-state index in [4.69, 9.17) is 6.57 Å². The number of rotatable bonds is 6. The summed E-state index contributed by atoms with van der Waals surface area (Å²) in [6.45, 7) is 7.67. The van der Waals surface area contributed by atoms with E-state index in [-0.39, 0.29) is 0 Å². The molecule has 5 heteroatoms. The number of nitriles is 2. The predicted octanol–water partition coefficient (Wildman–Crippen LogP) is 8.12. The Morgan fingerprint density at radius 2 is 1.08 bits per heavy atom. The first-order valence-electron chi connectivity index (χ1n) is 16.3. The lowest BCUT2D eigenvalue weighted by atomic mass is 10.00. The largest absolute Gasteiger partial charge is 0.307 e. The minimum absolute atomic E-state index is 0.518. The zero-order valence-electron chi connectivity index (χ0n) is 27.0. The van der Waals surface area contributed by atoms with Gasteiger partial charge in [-0.25, -0.2) is 4.85 Å². The molecule has 0 N–H and O–H groups in total. The van der Waals surface area contributed by atoms with E-state index < -0.39 is 8.07 Å². The quantitative estimate of drug-likeness (QED) is 0.104. The highest BCUT2D eigenvalue weighted by Gasteiger charge is 2.41. The Bertz CT molecular complexity index is 2510. The smallest absolute Gasteiger partial charge is 0.188 e. The van der Waals surface area contributed by atoms with Gasteiger partial charge in [0.1, 0.15) is 6.07 Å². The molecule has 0 radical (unpaired) electrons. The van der Waals surface area contributed by atoms with E-state index in [0.717, 1.165) is 38.6 Å². The van der Waals surface area contributed by atoms with Crippen molar-refractivity contribution in [2.75, 3.05) is 0 Å². The van der Waals surface area contributed by atoms with Crippen LogP contribution in [0, 0.1) is 29.2 Å². The van der Waals surface area contributed by atoms with Crippen LogP contribution in [0.4, 0.5) is 5.69 Å². The standard InChI is InChI=1S/C45H28N4Si/c1-48-35-24-26-44-42(29-35)41-27-32(30-46)23-25-43(41)49(44)45-34(31-47)14-12-22-40(45)33-13-11-21-39(28-33)50(36-15-5-2-6-16-36,37-17-7-3-8-18-37)38-19-9-4-10-20-38/h2-29H. The fourth-order valence-electron chi connectivity index (χ4n) is 7.48. The molecule has 0 saturated heterocycles. The molecular formula is C45H28N4Si. The summed E-state index contributed by atoms with van der Waals surface area (Å²) in [6, 6.07) is 63.2. The van der Waals surface area contributed by atoms with E-state index in [1.807, 2.05) is 48.5 Å². The van der Waals surface area contributed by atoms with Gasteiger partial charge in [0, 0.05) is 10.9 Å². The van der Waals surface area contributed by atoms with E-state index in [0.29, 0.717) is 16.8 Å². The Morgan fingerprint density at radius 1 is 0.520 bits per heavy atom. The van der Waals surface area contributed by atoms with Gasteiger partial charge in [-0.3, -0.25) is 0 Å². The Labute approximate surface area is 291 Å². The molecule has 1 heterocycles. The van der Waals surface area contributed by atoms with Crippen LogP contribution in [0.1, 0.15) is 11.1 Å². The van der Waals surface area contributed by atoms with Gasteiger partial charge >= 0.3 is 0 Å². The van der Waals surface area contributed by atoms with Crippen molar-refractivity contribution in [1.29, 1.82) is 10.5 Å². The van der Waals surface area contributed by atoms with Gasteiger partial charge in [-0.2, -0.15) is 10.5 Å². The molecule has 0 aliphatic carbocycles. The van der Waals surface area contributed by atoms with Crippen LogP contribution in [0.25, 0.3) is 43.5 Å². The number of fused-ring (bicyclic) bond motifs is 3. The minimum Gasteiger partial charge on any atom is -0.307 e. The maximum Gasteiger partial charge on any atom is 0.188 e. The van der Waals surface area contributed by atoms with Crippen LogP contribution < -0.4 is 20.7 Å². The van der Waals surface area contributed by atoms with E-state index >= 15 is 0 Å². The molecule has 8 aromatic rings. The summed E-state index contributed by atoms with van der Waals surface area (Å²) in [5.74, 6) is 0. The molecular weight excluding hydrogens is 625 g/mol. The first-order chi connectivity index (χ1) is 24.7. The molecule has 7 aromatic carbocycles. The van der Waals surface area contributed by atoms with Crippen molar-refractivity contribution >= 4 is 56.3 Å². The number of hydrogen-bond acceptors (Lipinski definition) is 2. The number of para-hydroxylation sites is 1. The van der Waals surface area contributed by atoms with E-state index in [2.05, 4.69) is 143 Å². The molecule has 0 spiro atoms. The first kappa shape index (κ1) is 30.4. The molecule has 8 rings (SSSR count). The van der Waals surface area contributed by atoms with Gasteiger partial charge < -0.3 is 4.57 Å². The Kier molecular flexibility index (Phi) is 7.63.